The number of nitrogens with zero attached hydrogens (tertiary/aromatic N) is 4. The first-order valence-electron chi connectivity index (χ1n) is 8.99. The molecule has 0 fully saturated rings. The number of aromatic nitrogens is 6. The fourth-order valence-electron chi connectivity index (χ4n) is 3.44. The van der Waals surface area contributed by atoms with Crippen molar-refractivity contribution >= 4 is 50.9 Å². The number of nitrogens with one attached hydrogen (secondary N) is 3. The summed E-state index contributed by atoms with van der Waals surface area (Å²) in [5, 5.41) is 0. The van der Waals surface area contributed by atoms with E-state index in [4.69, 9.17) is 15.0 Å². The highest BCUT2D eigenvalue weighted by Crippen LogP contribution is 2.32. The topological polar surface area (TPSA) is 89.3 Å². The van der Waals surface area contributed by atoms with E-state index in [1.807, 2.05) is 77.7 Å². The lowest BCUT2D eigenvalue weighted by atomic mass is 10.3. The van der Waals surface area contributed by atoms with Crippen molar-refractivity contribution in [1.82, 2.24) is 29.9 Å². The van der Waals surface area contributed by atoms with Crippen molar-refractivity contribution in [3.05, 3.63) is 72.8 Å². The number of aromatic amines is 3. The van der Waals surface area contributed by atoms with E-state index in [1.54, 1.807) is 0 Å². The van der Waals surface area contributed by atoms with Crippen molar-refractivity contribution in [1.29, 1.82) is 0 Å². The van der Waals surface area contributed by atoms with E-state index in [9.17, 15) is 0 Å². The van der Waals surface area contributed by atoms with Gasteiger partial charge in [0, 0.05) is 0 Å². The molecule has 0 saturated carbocycles. The number of imidazole rings is 3. The highest BCUT2D eigenvalue weighted by Gasteiger charge is 2.22. The zero-order valence-electron chi connectivity index (χ0n) is 14.7. The van der Waals surface area contributed by atoms with Crippen LogP contribution in [-0.4, -0.2) is 29.9 Å². The minimum Gasteiger partial charge on any atom is -0.323 e. The molecule has 0 bridgehead atoms. The fourth-order valence-corrected chi connectivity index (χ4v) is 3.44. The maximum absolute atomic E-state index is 4.76. The van der Waals surface area contributed by atoms with Gasteiger partial charge in [-0.3, -0.25) is 0 Å². The van der Waals surface area contributed by atoms with Gasteiger partial charge in [0.05, 0.1) is 33.1 Å². The summed E-state index contributed by atoms with van der Waals surface area (Å²) in [6, 6.07) is 23.8. The standard InChI is InChI=1S/C21H15N7/c1-2-8-14-13(7-1)22-19(23-14)28(20-24-15-9-3-4-10-16(15)25-20)21-26-17-11-5-6-12-18(17)27-21/h1-12H,(H,22,23)(H,24,25)(H,26,27). The molecule has 7 nitrogen and oxygen atoms in total. The zero-order chi connectivity index (χ0) is 18.5. The van der Waals surface area contributed by atoms with Gasteiger partial charge in [-0.05, 0) is 36.4 Å². The van der Waals surface area contributed by atoms with Crippen LogP contribution in [0.15, 0.2) is 72.8 Å². The minimum absolute atomic E-state index is 0.638. The number of benzene rings is 3. The van der Waals surface area contributed by atoms with Crippen molar-refractivity contribution in [3.63, 3.8) is 0 Å². The molecule has 0 atom stereocenters. The second-order valence-electron chi connectivity index (χ2n) is 6.57. The summed E-state index contributed by atoms with van der Waals surface area (Å²) in [5.41, 5.74) is 5.51. The van der Waals surface area contributed by atoms with Gasteiger partial charge in [0.15, 0.2) is 0 Å². The van der Waals surface area contributed by atoms with E-state index in [0.29, 0.717) is 17.8 Å². The Morgan fingerprint density at radius 1 is 0.464 bits per heavy atom. The van der Waals surface area contributed by atoms with Crippen molar-refractivity contribution < 1.29 is 0 Å². The van der Waals surface area contributed by atoms with Crippen LogP contribution in [0.4, 0.5) is 17.8 Å². The molecular formula is C21H15N7. The molecule has 0 saturated heterocycles. The predicted molar refractivity (Wildman–Crippen MR) is 110 cm³/mol. The molecule has 6 rings (SSSR count). The van der Waals surface area contributed by atoms with Crippen molar-refractivity contribution in [2.75, 3.05) is 4.90 Å². The molecule has 0 amide bonds. The lowest BCUT2D eigenvalue weighted by Gasteiger charge is -2.15. The Morgan fingerprint density at radius 2 is 0.786 bits per heavy atom. The number of hydrogen-bond donors (Lipinski definition) is 3. The number of rotatable bonds is 3. The first-order valence-corrected chi connectivity index (χ1v) is 8.99. The van der Waals surface area contributed by atoms with Gasteiger partial charge in [0.25, 0.3) is 0 Å². The minimum atomic E-state index is 0.638. The maximum Gasteiger partial charge on any atom is 0.217 e. The highest BCUT2D eigenvalue weighted by molar-refractivity contribution is 5.85. The fraction of sp³-hybridized carbons (Fsp3) is 0. The van der Waals surface area contributed by atoms with E-state index in [2.05, 4.69) is 15.0 Å². The van der Waals surface area contributed by atoms with Crippen LogP contribution in [0.25, 0.3) is 33.1 Å². The second kappa shape index (κ2) is 5.68. The normalized spacial score (nSPS) is 11.6. The third-order valence-electron chi connectivity index (χ3n) is 4.77. The van der Waals surface area contributed by atoms with E-state index >= 15 is 0 Å². The summed E-state index contributed by atoms with van der Waals surface area (Å²) >= 11 is 0. The van der Waals surface area contributed by atoms with Crippen molar-refractivity contribution in [2.45, 2.75) is 0 Å². The molecule has 28 heavy (non-hydrogen) atoms. The largest absolute Gasteiger partial charge is 0.323 e. The van der Waals surface area contributed by atoms with Gasteiger partial charge in [0.1, 0.15) is 0 Å². The van der Waals surface area contributed by atoms with E-state index in [-0.39, 0.29) is 0 Å². The third kappa shape index (κ3) is 2.26. The molecule has 3 N–H and O–H groups in total. The molecule has 0 spiro atoms. The van der Waals surface area contributed by atoms with Crippen LogP contribution in [0.3, 0.4) is 0 Å². The van der Waals surface area contributed by atoms with Gasteiger partial charge in [0.2, 0.25) is 17.8 Å². The first kappa shape index (κ1) is 15.0. The van der Waals surface area contributed by atoms with E-state index < -0.39 is 0 Å². The van der Waals surface area contributed by atoms with Gasteiger partial charge in [-0.15, -0.1) is 0 Å². The summed E-state index contributed by atoms with van der Waals surface area (Å²) < 4.78 is 0. The molecule has 3 heterocycles. The second-order valence-corrected chi connectivity index (χ2v) is 6.57. The Morgan fingerprint density at radius 3 is 1.11 bits per heavy atom. The SMILES string of the molecule is c1ccc2[nH]c(N(c3nc4ccccc4[nH]3)c3nc4ccccc4[nH]3)nc2c1. The zero-order valence-corrected chi connectivity index (χ0v) is 14.7. The summed E-state index contributed by atoms with van der Waals surface area (Å²) in [6.07, 6.45) is 0. The van der Waals surface area contributed by atoms with Crippen LogP contribution in [-0.2, 0) is 0 Å². The first-order chi connectivity index (χ1) is 13.8. The van der Waals surface area contributed by atoms with Crippen LogP contribution >= 0.6 is 0 Å². The van der Waals surface area contributed by atoms with Gasteiger partial charge in [-0.1, -0.05) is 36.4 Å². The predicted octanol–water partition coefficient (Wildman–Crippen LogP) is 4.79. The number of hydrogen-bond acceptors (Lipinski definition) is 4. The summed E-state index contributed by atoms with van der Waals surface area (Å²) in [7, 11) is 0. The van der Waals surface area contributed by atoms with Gasteiger partial charge >= 0.3 is 0 Å². The average molecular weight is 365 g/mol. The Bertz CT molecular complexity index is 1160. The summed E-state index contributed by atoms with van der Waals surface area (Å²) in [4.78, 5) is 26.3. The number of H-pyrrole nitrogens is 3. The Hall–Kier alpha value is -4.13. The maximum atomic E-state index is 4.76. The molecular weight excluding hydrogens is 350 g/mol. The van der Waals surface area contributed by atoms with Crippen molar-refractivity contribution in [2.24, 2.45) is 0 Å². The molecule has 0 aliphatic heterocycles. The van der Waals surface area contributed by atoms with Crippen molar-refractivity contribution in [3.8, 4) is 0 Å². The lowest BCUT2D eigenvalue weighted by molar-refractivity contribution is 1.04. The Balaban J connectivity index is 1.60. The molecule has 3 aromatic heterocycles. The van der Waals surface area contributed by atoms with Crippen LogP contribution < -0.4 is 4.90 Å². The summed E-state index contributed by atoms with van der Waals surface area (Å²) in [5.74, 6) is 1.91. The molecule has 0 aliphatic rings. The smallest absolute Gasteiger partial charge is 0.217 e. The molecule has 0 aliphatic carbocycles. The summed E-state index contributed by atoms with van der Waals surface area (Å²) in [6.45, 7) is 0. The number of anilines is 3. The van der Waals surface area contributed by atoms with Gasteiger partial charge in [-0.25, -0.2) is 19.9 Å². The highest BCUT2D eigenvalue weighted by atomic mass is 15.4. The van der Waals surface area contributed by atoms with Crippen LogP contribution in [0.2, 0.25) is 0 Å². The molecule has 134 valence electrons. The molecule has 0 unspecified atom stereocenters. The average Bonchev–Trinajstić information content (AvgIpc) is 3.44. The quantitative estimate of drug-likeness (QED) is 0.421. The third-order valence-corrected chi connectivity index (χ3v) is 4.77. The van der Waals surface area contributed by atoms with Crippen LogP contribution in [0.1, 0.15) is 0 Å². The van der Waals surface area contributed by atoms with Crippen LogP contribution in [0, 0.1) is 0 Å². The Labute approximate surface area is 159 Å². The lowest BCUT2D eigenvalue weighted by Crippen LogP contribution is -2.14. The number of fused-ring (bicyclic) bond motifs is 3. The van der Waals surface area contributed by atoms with Gasteiger partial charge in [-0.2, -0.15) is 0 Å². The number of para-hydroxylation sites is 6. The molecule has 6 aromatic rings. The Kier molecular flexibility index (Phi) is 3.04. The molecule has 3 aromatic carbocycles. The monoisotopic (exact) mass is 365 g/mol. The molecule has 7 heteroatoms. The molecule has 0 radical (unpaired) electrons. The van der Waals surface area contributed by atoms with E-state index in [0.717, 1.165) is 33.1 Å². The van der Waals surface area contributed by atoms with E-state index in [1.165, 1.54) is 0 Å². The van der Waals surface area contributed by atoms with Gasteiger partial charge < -0.3 is 15.0 Å². The van der Waals surface area contributed by atoms with Crippen LogP contribution in [0.5, 0.6) is 0 Å².